The molecule has 1 aliphatic rings. The first kappa shape index (κ1) is 35.1. The van der Waals surface area contributed by atoms with Gasteiger partial charge in [0.2, 0.25) is 0 Å². The fourth-order valence-electron chi connectivity index (χ4n) is 5.78. The third-order valence-electron chi connectivity index (χ3n) is 7.99. The molecule has 0 spiro atoms. The fraction of sp³-hybridized carbons (Fsp3) is 0.395. The van der Waals surface area contributed by atoms with Crippen molar-refractivity contribution in [2.75, 3.05) is 40.5 Å². The molecule has 1 saturated heterocycles. The molecule has 256 valence electrons. The molecule has 0 saturated carbocycles. The number of carbonyl (C=O) groups is 1. The average molecular weight is 678 g/mol. The maximum absolute atomic E-state index is 12.5. The van der Waals surface area contributed by atoms with Gasteiger partial charge in [0.1, 0.15) is 28.6 Å². The first-order valence-electron chi connectivity index (χ1n) is 16.2. The zero-order chi connectivity index (χ0) is 34.1. The lowest BCUT2D eigenvalue weighted by atomic mass is 9.87. The maximum Gasteiger partial charge on any atom is 0.528 e. The third kappa shape index (κ3) is 9.24. The molecular weight excluding hydrogens is 634 g/mol. The molecule has 0 bridgehead atoms. The van der Waals surface area contributed by atoms with Crippen LogP contribution in [0.3, 0.4) is 0 Å². The third-order valence-corrected chi connectivity index (χ3v) is 8.30. The van der Waals surface area contributed by atoms with Crippen molar-refractivity contribution in [2.24, 2.45) is 0 Å². The van der Waals surface area contributed by atoms with Crippen molar-refractivity contribution in [1.82, 2.24) is 5.06 Å². The lowest BCUT2D eigenvalue weighted by molar-refractivity contribution is -0.179. The van der Waals surface area contributed by atoms with Crippen molar-refractivity contribution < 1.29 is 38.1 Å². The summed E-state index contributed by atoms with van der Waals surface area (Å²) < 4.78 is 35.4. The Bertz CT molecular complexity index is 1660. The van der Waals surface area contributed by atoms with Crippen molar-refractivity contribution in [1.29, 1.82) is 0 Å². The number of benzene rings is 4. The topological polar surface area (TPSA) is 84.9 Å². The molecule has 0 aromatic heterocycles. The van der Waals surface area contributed by atoms with E-state index in [1.165, 1.54) is 0 Å². The van der Waals surface area contributed by atoms with E-state index in [0.29, 0.717) is 49.9 Å². The Kier molecular flexibility index (Phi) is 11.9. The van der Waals surface area contributed by atoms with E-state index in [1.807, 2.05) is 60.7 Å². The Morgan fingerprint density at radius 2 is 1.58 bits per heavy atom. The number of carbonyl (C=O) groups excluding carboxylic acids is 1. The summed E-state index contributed by atoms with van der Waals surface area (Å²) in [5.41, 5.74) is 1.30. The van der Waals surface area contributed by atoms with Crippen molar-refractivity contribution in [2.45, 2.75) is 57.8 Å². The average Bonchev–Trinajstić information content (AvgIpc) is 3.07. The molecule has 1 aliphatic heterocycles. The zero-order valence-corrected chi connectivity index (χ0v) is 29.0. The highest BCUT2D eigenvalue weighted by molar-refractivity contribution is 6.32. The van der Waals surface area contributed by atoms with Crippen LogP contribution < -0.4 is 18.9 Å². The predicted octanol–water partition coefficient (Wildman–Crippen LogP) is 8.60. The van der Waals surface area contributed by atoms with Crippen LogP contribution in [0.1, 0.15) is 50.7 Å². The zero-order valence-electron chi connectivity index (χ0n) is 28.2. The second-order valence-electron chi connectivity index (χ2n) is 12.6. The smallest absolute Gasteiger partial charge is 0.496 e. The van der Waals surface area contributed by atoms with Crippen LogP contribution in [0.2, 0.25) is 5.02 Å². The first-order chi connectivity index (χ1) is 23.1. The number of ether oxygens (including phenoxy) is 6. The Hall–Kier alpha value is -4.18. The Morgan fingerprint density at radius 3 is 2.29 bits per heavy atom. The van der Waals surface area contributed by atoms with Gasteiger partial charge in [-0.3, -0.25) is 0 Å². The van der Waals surface area contributed by atoms with E-state index in [4.69, 9.17) is 44.9 Å². The predicted molar refractivity (Wildman–Crippen MR) is 185 cm³/mol. The van der Waals surface area contributed by atoms with Gasteiger partial charge in [-0.1, -0.05) is 60.1 Å². The van der Waals surface area contributed by atoms with E-state index < -0.39 is 11.8 Å². The molecule has 5 rings (SSSR count). The van der Waals surface area contributed by atoms with Crippen LogP contribution in [-0.2, 0) is 20.9 Å². The largest absolute Gasteiger partial charge is 0.528 e. The summed E-state index contributed by atoms with van der Waals surface area (Å²) in [6.07, 6.45) is 0.365. The van der Waals surface area contributed by atoms with E-state index >= 15 is 0 Å². The summed E-state index contributed by atoms with van der Waals surface area (Å²) in [4.78, 5) is 18.1. The summed E-state index contributed by atoms with van der Waals surface area (Å²) in [6, 6.07) is 25.4. The van der Waals surface area contributed by atoms with Crippen LogP contribution in [0.15, 0.2) is 78.9 Å². The first-order valence-corrected chi connectivity index (χ1v) is 16.5. The standard InChI is InChI=1S/C38H44ClNO8/c1-38(2,3)47-37(41)48-40-20-19-29(26-15-17-28(18-16-26)44-21-10-22-45-33-14-9-8-13-32(33)39)35(24-40)46-25-27-23-34(42-4)30-11-6-7-12-31(30)36(27)43-5/h6-9,11-18,23,29,35H,10,19-22,24-25H2,1-5H3. The number of fused-ring (bicyclic) bond motifs is 1. The highest BCUT2D eigenvalue weighted by Gasteiger charge is 2.34. The number of piperidine rings is 1. The number of hydrogen-bond donors (Lipinski definition) is 0. The van der Waals surface area contributed by atoms with E-state index in [2.05, 4.69) is 12.1 Å². The van der Waals surface area contributed by atoms with Gasteiger partial charge in [-0.15, -0.1) is 5.06 Å². The SMILES string of the molecule is COc1cc(COC2CN(OC(=O)OC(C)(C)C)CCC2c2ccc(OCCCOc3ccccc3Cl)cc2)c(OC)c2ccccc12. The number of para-hydroxylation sites is 1. The minimum absolute atomic E-state index is 0.0369. The van der Waals surface area contributed by atoms with E-state index in [1.54, 1.807) is 46.1 Å². The van der Waals surface area contributed by atoms with Crippen molar-refractivity contribution in [3.8, 4) is 23.0 Å². The molecule has 0 N–H and O–H groups in total. The number of rotatable bonds is 13. The van der Waals surface area contributed by atoms with Crippen LogP contribution >= 0.6 is 11.6 Å². The molecule has 0 aliphatic carbocycles. The summed E-state index contributed by atoms with van der Waals surface area (Å²) in [5, 5.41) is 4.12. The lowest BCUT2D eigenvalue weighted by Crippen LogP contribution is -2.45. The molecule has 0 amide bonds. The molecule has 9 nitrogen and oxygen atoms in total. The summed E-state index contributed by atoms with van der Waals surface area (Å²) in [7, 11) is 3.32. The minimum atomic E-state index is -0.737. The lowest BCUT2D eigenvalue weighted by Gasteiger charge is -2.37. The number of methoxy groups -OCH3 is 2. The molecule has 0 radical (unpaired) electrons. The molecule has 10 heteroatoms. The van der Waals surface area contributed by atoms with Crippen LogP contribution in [0.4, 0.5) is 4.79 Å². The van der Waals surface area contributed by atoms with E-state index in [-0.39, 0.29) is 18.6 Å². The highest BCUT2D eigenvalue weighted by Crippen LogP contribution is 2.38. The van der Waals surface area contributed by atoms with Crippen molar-refractivity contribution >= 4 is 28.5 Å². The van der Waals surface area contributed by atoms with Gasteiger partial charge in [-0.25, -0.2) is 4.79 Å². The maximum atomic E-state index is 12.5. The van der Waals surface area contributed by atoms with E-state index in [9.17, 15) is 4.79 Å². The van der Waals surface area contributed by atoms with Gasteiger partial charge in [0.25, 0.3) is 0 Å². The second kappa shape index (κ2) is 16.3. The van der Waals surface area contributed by atoms with Gasteiger partial charge < -0.3 is 33.3 Å². The molecule has 2 atom stereocenters. The summed E-state index contributed by atoms with van der Waals surface area (Å²) in [6.45, 7) is 7.58. The summed E-state index contributed by atoms with van der Waals surface area (Å²) >= 11 is 6.17. The number of hydrogen-bond acceptors (Lipinski definition) is 9. The van der Waals surface area contributed by atoms with Crippen LogP contribution in [0, 0.1) is 0 Å². The second-order valence-corrected chi connectivity index (χ2v) is 13.0. The van der Waals surface area contributed by atoms with Crippen LogP contribution in [-0.4, -0.2) is 63.4 Å². The Morgan fingerprint density at radius 1 is 0.875 bits per heavy atom. The molecule has 4 aromatic carbocycles. The van der Waals surface area contributed by atoms with Crippen molar-refractivity contribution in [3.05, 3.63) is 95.0 Å². The molecule has 2 unspecified atom stereocenters. The monoisotopic (exact) mass is 677 g/mol. The molecular formula is C38H44ClNO8. The van der Waals surface area contributed by atoms with Gasteiger partial charge in [0.15, 0.2) is 0 Å². The fourth-order valence-corrected chi connectivity index (χ4v) is 5.97. The van der Waals surface area contributed by atoms with Crippen LogP contribution in [0.5, 0.6) is 23.0 Å². The molecule has 1 heterocycles. The van der Waals surface area contributed by atoms with Gasteiger partial charge >= 0.3 is 6.16 Å². The molecule has 48 heavy (non-hydrogen) atoms. The Balaban J connectivity index is 1.27. The number of nitrogens with zero attached hydrogens (tertiary/aromatic N) is 1. The van der Waals surface area contributed by atoms with Gasteiger partial charge in [-0.2, -0.15) is 0 Å². The minimum Gasteiger partial charge on any atom is -0.496 e. The van der Waals surface area contributed by atoms with Gasteiger partial charge in [0.05, 0.1) is 51.7 Å². The normalized spacial score (nSPS) is 16.7. The number of hydroxylamine groups is 2. The number of halogens is 1. The highest BCUT2D eigenvalue weighted by atomic mass is 35.5. The van der Waals surface area contributed by atoms with Gasteiger partial charge in [-0.05, 0) is 63.1 Å². The van der Waals surface area contributed by atoms with Crippen LogP contribution in [0.25, 0.3) is 10.8 Å². The molecule has 1 fully saturated rings. The molecule has 4 aromatic rings. The van der Waals surface area contributed by atoms with Crippen molar-refractivity contribution in [3.63, 3.8) is 0 Å². The van der Waals surface area contributed by atoms with E-state index in [0.717, 1.165) is 39.1 Å². The van der Waals surface area contributed by atoms with Gasteiger partial charge in [0, 0.05) is 35.2 Å². The summed E-state index contributed by atoms with van der Waals surface area (Å²) in [5.74, 6) is 2.95. The Labute approximate surface area is 287 Å². The quantitative estimate of drug-likeness (QED) is 0.102.